The number of amides is 1. The number of unbranched alkanes of at least 4 members (excludes halogenated alkanes) is 32. The Morgan fingerprint density at radius 1 is 0.459 bits per heavy atom. The van der Waals surface area contributed by atoms with E-state index >= 15 is 0 Å². The summed E-state index contributed by atoms with van der Waals surface area (Å²) in [5.41, 5.74) is 0. The molecule has 0 aliphatic rings. The van der Waals surface area contributed by atoms with Crippen molar-refractivity contribution >= 4 is 11.9 Å². The summed E-state index contributed by atoms with van der Waals surface area (Å²) in [4.78, 5) is 24.5. The highest BCUT2D eigenvalue weighted by Gasteiger charge is 2.20. The van der Waals surface area contributed by atoms with Crippen LogP contribution in [-0.2, 0) is 14.3 Å². The van der Waals surface area contributed by atoms with Crippen molar-refractivity contribution in [3.63, 3.8) is 0 Å². The quantitative estimate of drug-likeness (QED) is 0.0322. The Kier molecular flexibility index (Phi) is 49.1. The number of esters is 1. The second-order valence-corrected chi connectivity index (χ2v) is 18.2. The van der Waals surface area contributed by atoms with E-state index in [1.54, 1.807) is 0 Å². The van der Waals surface area contributed by atoms with Crippen LogP contribution in [0.15, 0.2) is 36.5 Å². The van der Waals surface area contributed by atoms with Crippen LogP contribution in [0.5, 0.6) is 0 Å². The number of carbonyl (C=O) groups is 2. The van der Waals surface area contributed by atoms with Gasteiger partial charge in [0.05, 0.1) is 25.4 Å². The van der Waals surface area contributed by atoms with Gasteiger partial charge in [-0.1, -0.05) is 217 Å². The fraction of sp³-hybridized carbons (Fsp3) is 0.855. The summed E-state index contributed by atoms with van der Waals surface area (Å²) in [5, 5.41) is 23.2. The monoisotopic (exact) mass is 858 g/mol. The summed E-state index contributed by atoms with van der Waals surface area (Å²) in [7, 11) is 0. The molecule has 0 aliphatic heterocycles. The molecule has 2 unspecified atom stereocenters. The Hall–Kier alpha value is -1.92. The fourth-order valence-corrected chi connectivity index (χ4v) is 8.02. The van der Waals surface area contributed by atoms with E-state index < -0.39 is 12.1 Å². The van der Waals surface area contributed by atoms with Crippen LogP contribution < -0.4 is 5.32 Å². The Labute approximate surface area is 379 Å². The predicted molar refractivity (Wildman–Crippen MR) is 264 cm³/mol. The molecule has 358 valence electrons. The maximum atomic E-state index is 12.5. The molecule has 0 bridgehead atoms. The second-order valence-electron chi connectivity index (χ2n) is 18.2. The Morgan fingerprint density at radius 3 is 1.28 bits per heavy atom. The molecule has 0 fully saturated rings. The molecule has 0 aromatic heterocycles. The van der Waals surface area contributed by atoms with E-state index in [2.05, 4.69) is 55.6 Å². The number of ether oxygens (including phenoxy) is 1. The van der Waals surface area contributed by atoms with Gasteiger partial charge in [-0.05, 0) is 83.5 Å². The lowest BCUT2D eigenvalue weighted by Gasteiger charge is -2.22. The van der Waals surface area contributed by atoms with Gasteiger partial charge in [0, 0.05) is 12.8 Å². The normalized spacial score (nSPS) is 12.9. The predicted octanol–water partition coefficient (Wildman–Crippen LogP) is 16.1. The molecule has 6 heteroatoms. The van der Waals surface area contributed by atoms with Crippen LogP contribution in [0.4, 0.5) is 0 Å². The third kappa shape index (κ3) is 47.4. The molecule has 2 atom stereocenters. The zero-order valence-electron chi connectivity index (χ0n) is 40.6. The number of allylic oxidation sites excluding steroid dienone is 6. The van der Waals surface area contributed by atoms with Crippen LogP contribution >= 0.6 is 0 Å². The zero-order valence-corrected chi connectivity index (χ0v) is 40.6. The minimum atomic E-state index is -0.684. The lowest BCUT2D eigenvalue weighted by molar-refractivity contribution is -0.143. The molecule has 0 saturated carbocycles. The maximum absolute atomic E-state index is 12.5. The average molecular weight is 858 g/mol. The molecular formula is C55H103NO5. The first-order chi connectivity index (χ1) is 30.0. The van der Waals surface area contributed by atoms with Gasteiger partial charge in [-0.2, -0.15) is 0 Å². The molecular weight excluding hydrogens is 755 g/mol. The summed E-state index contributed by atoms with van der Waals surface area (Å²) >= 11 is 0. The van der Waals surface area contributed by atoms with E-state index in [0.29, 0.717) is 25.9 Å². The number of hydrogen-bond acceptors (Lipinski definition) is 5. The second kappa shape index (κ2) is 50.7. The molecule has 3 N–H and O–H groups in total. The minimum absolute atomic E-state index is 0.0447. The van der Waals surface area contributed by atoms with Gasteiger partial charge in [-0.3, -0.25) is 9.59 Å². The van der Waals surface area contributed by atoms with Gasteiger partial charge in [0.15, 0.2) is 0 Å². The van der Waals surface area contributed by atoms with Gasteiger partial charge in [-0.15, -0.1) is 0 Å². The Bertz CT molecular complexity index is 993. The lowest BCUT2D eigenvalue weighted by atomic mass is 10.0. The smallest absolute Gasteiger partial charge is 0.305 e. The first-order valence-corrected chi connectivity index (χ1v) is 26.7. The van der Waals surface area contributed by atoms with Crippen molar-refractivity contribution in [3.8, 4) is 0 Å². The van der Waals surface area contributed by atoms with Crippen molar-refractivity contribution in [2.45, 2.75) is 289 Å². The molecule has 0 heterocycles. The number of carbonyl (C=O) groups excluding carboxylic acids is 2. The molecule has 0 spiro atoms. The first-order valence-electron chi connectivity index (χ1n) is 26.7. The van der Waals surface area contributed by atoms with Crippen molar-refractivity contribution < 1.29 is 24.5 Å². The third-order valence-electron chi connectivity index (χ3n) is 12.2. The Balaban J connectivity index is 3.53. The topological polar surface area (TPSA) is 95.9 Å². The van der Waals surface area contributed by atoms with Gasteiger partial charge in [0.2, 0.25) is 5.91 Å². The van der Waals surface area contributed by atoms with E-state index in [9.17, 15) is 19.8 Å². The van der Waals surface area contributed by atoms with Gasteiger partial charge in [-0.25, -0.2) is 0 Å². The third-order valence-corrected chi connectivity index (χ3v) is 12.2. The van der Waals surface area contributed by atoms with Gasteiger partial charge < -0.3 is 20.3 Å². The fourth-order valence-electron chi connectivity index (χ4n) is 8.02. The first kappa shape index (κ1) is 59.1. The number of hydrogen-bond donors (Lipinski definition) is 3. The van der Waals surface area contributed by atoms with E-state index in [-0.39, 0.29) is 18.5 Å². The van der Waals surface area contributed by atoms with Crippen LogP contribution in [-0.4, -0.2) is 47.4 Å². The summed E-state index contributed by atoms with van der Waals surface area (Å²) in [6.07, 6.45) is 61.2. The number of aliphatic hydroxyl groups is 2. The van der Waals surface area contributed by atoms with Crippen molar-refractivity contribution in [1.29, 1.82) is 0 Å². The highest BCUT2D eigenvalue weighted by atomic mass is 16.5. The molecule has 6 nitrogen and oxygen atoms in total. The highest BCUT2D eigenvalue weighted by molar-refractivity contribution is 5.76. The largest absolute Gasteiger partial charge is 0.466 e. The van der Waals surface area contributed by atoms with Crippen molar-refractivity contribution in [2.24, 2.45) is 0 Å². The van der Waals surface area contributed by atoms with E-state index in [1.165, 1.54) is 148 Å². The summed E-state index contributed by atoms with van der Waals surface area (Å²) in [6, 6.07) is -0.564. The summed E-state index contributed by atoms with van der Waals surface area (Å²) < 4.78 is 5.43. The zero-order chi connectivity index (χ0) is 44.4. The number of rotatable bonds is 49. The van der Waals surface area contributed by atoms with Gasteiger partial charge in [0.25, 0.3) is 0 Å². The molecule has 0 rings (SSSR count). The molecule has 0 aromatic carbocycles. The maximum Gasteiger partial charge on any atom is 0.305 e. The molecule has 0 radical (unpaired) electrons. The van der Waals surface area contributed by atoms with E-state index in [4.69, 9.17) is 4.74 Å². The van der Waals surface area contributed by atoms with Crippen LogP contribution in [0, 0.1) is 0 Å². The van der Waals surface area contributed by atoms with Crippen LogP contribution in [0.1, 0.15) is 277 Å². The molecule has 0 saturated heterocycles. The standard InChI is InChI=1S/C55H103NO5/c1-3-5-7-9-11-13-15-17-19-21-22-24-27-31-35-39-43-47-53(58)52(51-57)56-54(59)48-44-40-36-32-28-26-30-34-38-42-46-50-61-55(60)49-45-41-37-33-29-25-23-20-18-16-14-12-10-8-6-4-2/h14,16,20,23,30,34,52-53,57-58H,3-13,15,17-19,21-22,24-29,31-33,35-51H2,1-2H3,(H,56,59)/b16-14-,23-20-,34-30-. The summed E-state index contributed by atoms with van der Waals surface area (Å²) in [6.45, 7) is 4.85. The van der Waals surface area contributed by atoms with Crippen molar-refractivity contribution in [2.75, 3.05) is 13.2 Å². The highest BCUT2D eigenvalue weighted by Crippen LogP contribution is 2.16. The molecule has 1 amide bonds. The van der Waals surface area contributed by atoms with Gasteiger partial charge >= 0.3 is 5.97 Å². The van der Waals surface area contributed by atoms with Crippen LogP contribution in [0.2, 0.25) is 0 Å². The molecule has 61 heavy (non-hydrogen) atoms. The van der Waals surface area contributed by atoms with Crippen molar-refractivity contribution in [1.82, 2.24) is 5.32 Å². The van der Waals surface area contributed by atoms with Crippen LogP contribution in [0.3, 0.4) is 0 Å². The van der Waals surface area contributed by atoms with Crippen molar-refractivity contribution in [3.05, 3.63) is 36.5 Å². The number of nitrogens with one attached hydrogen (secondary N) is 1. The van der Waals surface area contributed by atoms with E-state index in [1.807, 2.05) is 0 Å². The Morgan fingerprint density at radius 2 is 0.820 bits per heavy atom. The summed E-state index contributed by atoms with van der Waals surface area (Å²) in [5.74, 6) is -0.109. The average Bonchev–Trinajstić information content (AvgIpc) is 3.26. The lowest BCUT2D eigenvalue weighted by Crippen LogP contribution is -2.45. The van der Waals surface area contributed by atoms with E-state index in [0.717, 1.165) is 96.3 Å². The molecule has 0 aromatic rings. The minimum Gasteiger partial charge on any atom is -0.466 e. The SMILES string of the molecule is CCCCCC/C=C\C/C=C\CCCCCCCC(=O)OCCCC/C=C\CCCCCCCC(=O)NC(CO)C(O)CCCCCCCCCCCCCCCCCCC. The van der Waals surface area contributed by atoms with Gasteiger partial charge in [0.1, 0.15) is 0 Å². The molecule has 0 aliphatic carbocycles. The van der Waals surface area contributed by atoms with Crippen LogP contribution in [0.25, 0.3) is 0 Å². The number of aliphatic hydroxyl groups excluding tert-OH is 2.